The Hall–Kier alpha value is -2.21. The van der Waals surface area contributed by atoms with Crippen LogP contribution in [0.4, 0.5) is 0 Å². The van der Waals surface area contributed by atoms with E-state index < -0.39 is 0 Å². The van der Waals surface area contributed by atoms with Gasteiger partial charge in [0.25, 0.3) is 0 Å². The van der Waals surface area contributed by atoms with Crippen LogP contribution < -0.4 is 0 Å². The maximum Gasteiger partial charge on any atom is 0.225 e. The van der Waals surface area contributed by atoms with Gasteiger partial charge >= 0.3 is 0 Å². The highest BCUT2D eigenvalue weighted by Crippen LogP contribution is 2.28. The highest BCUT2D eigenvalue weighted by molar-refractivity contribution is 5.79. The summed E-state index contributed by atoms with van der Waals surface area (Å²) in [6.45, 7) is 3.00. The summed E-state index contributed by atoms with van der Waals surface area (Å²) in [6.07, 6.45) is 3.75. The molecule has 2 saturated heterocycles. The third kappa shape index (κ3) is 3.58. The van der Waals surface area contributed by atoms with E-state index in [-0.39, 0.29) is 17.7 Å². The molecular weight excluding hydrogens is 316 g/mol. The number of aromatic amines is 1. The van der Waals surface area contributed by atoms with Gasteiger partial charge in [-0.25, -0.2) is 4.98 Å². The summed E-state index contributed by atoms with van der Waals surface area (Å²) in [6, 6.07) is 9.97. The number of H-pyrrole nitrogens is 1. The molecule has 3 heterocycles. The molecule has 1 aromatic heterocycles. The fourth-order valence-electron chi connectivity index (χ4n) is 3.78. The minimum absolute atomic E-state index is 0.127. The van der Waals surface area contributed by atoms with Crippen molar-refractivity contribution in [3.63, 3.8) is 0 Å². The molecule has 4 rings (SSSR count). The van der Waals surface area contributed by atoms with Crippen molar-refractivity contribution < 1.29 is 9.53 Å². The monoisotopic (exact) mass is 340 g/mol. The predicted molar refractivity (Wildman–Crippen MR) is 93.9 cm³/mol. The normalized spacial score (nSPS) is 22.1. The molecule has 25 heavy (non-hydrogen) atoms. The molecule has 2 aromatic rings. The van der Waals surface area contributed by atoms with Gasteiger partial charge in [0.15, 0.2) is 5.82 Å². The van der Waals surface area contributed by atoms with E-state index >= 15 is 0 Å². The Morgan fingerprint density at radius 3 is 2.76 bits per heavy atom. The van der Waals surface area contributed by atoms with Gasteiger partial charge in [-0.05, 0) is 25.7 Å². The number of aromatic nitrogens is 3. The number of hydrogen-bond donors (Lipinski definition) is 1. The lowest BCUT2D eigenvalue weighted by Gasteiger charge is -2.35. The second kappa shape index (κ2) is 7.35. The molecule has 132 valence electrons. The molecule has 1 N–H and O–H groups in total. The van der Waals surface area contributed by atoms with Gasteiger partial charge in [0.2, 0.25) is 5.91 Å². The van der Waals surface area contributed by atoms with Crippen LogP contribution in [-0.4, -0.2) is 52.3 Å². The fourth-order valence-corrected chi connectivity index (χ4v) is 3.78. The van der Waals surface area contributed by atoms with Crippen molar-refractivity contribution in [1.82, 2.24) is 20.1 Å². The maximum absolute atomic E-state index is 12.8. The van der Waals surface area contributed by atoms with Gasteiger partial charge < -0.3 is 9.64 Å². The van der Waals surface area contributed by atoms with Crippen LogP contribution in [0, 0.1) is 5.92 Å². The number of piperidine rings is 1. The van der Waals surface area contributed by atoms with Crippen LogP contribution in [0.25, 0.3) is 11.4 Å². The predicted octanol–water partition coefficient (Wildman–Crippen LogP) is 2.60. The van der Waals surface area contributed by atoms with E-state index in [1.807, 2.05) is 35.2 Å². The van der Waals surface area contributed by atoms with Crippen molar-refractivity contribution in [2.45, 2.75) is 31.6 Å². The molecule has 1 unspecified atom stereocenters. The second-order valence-electron chi connectivity index (χ2n) is 6.92. The zero-order valence-electron chi connectivity index (χ0n) is 14.4. The quantitative estimate of drug-likeness (QED) is 0.932. The molecule has 0 bridgehead atoms. The first kappa shape index (κ1) is 16.3. The highest BCUT2D eigenvalue weighted by atomic mass is 16.5. The minimum atomic E-state index is 0.127. The summed E-state index contributed by atoms with van der Waals surface area (Å²) >= 11 is 0. The Morgan fingerprint density at radius 2 is 1.96 bits per heavy atom. The average Bonchev–Trinajstić information content (AvgIpc) is 3.19. The summed E-state index contributed by atoms with van der Waals surface area (Å²) in [7, 11) is 0. The Morgan fingerprint density at radius 1 is 1.16 bits per heavy atom. The van der Waals surface area contributed by atoms with Gasteiger partial charge in [-0.3, -0.25) is 9.89 Å². The van der Waals surface area contributed by atoms with Gasteiger partial charge in [0, 0.05) is 43.7 Å². The number of ether oxygens (including phenoxy) is 1. The Bertz CT molecular complexity index is 709. The molecular formula is C19H24N4O2. The fraction of sp³-hybridized carbons (Fsp3) is 0.526. The Kier molecular flexibility index (Phi) is 4.78. The molecule has 2 fully saturated rings. The SMILES string of the molecule is O=C(C1CCOCC1)N1CCCC(c2nc(-c3ccccc3)n[nH]2)C1. The van der Waals surface area contributed by atoms with Crippen LogP contribution in [0.1, 0.15) is 37.4 Å². The number of carbonyl (C=O) groups excluding carboxylic acids is 1. The number of rotatable bonds is 3. The second-order valence-corrected chi connectivity index (χ2v) is 6.92. The van der Waals surface area contributed by atoms with Gasteiger partial charge in [0.05, 0.1) is 0 Å². The van der Waals surface area contributed by atoms with Gasteiger partial charge in [-0.15, -0.1) is 0 Å². The third-order valence-corrected chi connectivity index (χ3v) is 5.22. The zero-order valence-corrected chi connectivity index (χ0v) is 14.4. The first-order valence-electron chi connectivity index (χ1n) is 9.15. The van der Waals surface area contributed by atoms with Crippen molar-refractivity contribution in [2.24, 2.45) is 5.92 Å². The lowest BCUT2D eigenvalue weighted by molar-refractivity contribution is -0.139. The molecule has 0 saturated carbocycles. The van der Waals surface area contributed by atoms with Crippen molar-refractivity contribution >= 4 is 5.91 Å². The van der Waals surface area contributed by atoms with Crippen molar-refractivity contribution in [2.75, 3.05) is 26.3 Å². The first-order valence-corrected chi connectivity index (χ1v) is 9.15. The van der Waals surface area contributed by atoms with Crippen molar-refractivity contribution in [3.05, 3.63) is 36.2 Å². The number of benzene rings is 1. The number of carbonyl (C=O) groups is 1. The molecule has 0 aliphatic carbocycles. The van der Waals surface area contributed by atoms with Gasteiger partial charge in [-0.1, -0.05) is 30.3 Å². The van der Waals surface area contributed by atoms with Crippen LogP contribution in [-0.2, 0) is 9.53 Å². The van der Waals surface area contributed by atoms with Crippen LogP contribution >= 0.6 is 0 Å². The largest absolute Gasteiger partial charge is 0.381 e. The summed E-state index contributed by atoms with van der Waals surface area (Å²) in [5.41, 5.74) is 1.01. The minimum Gasteiger partial charge on any atom is -0.381 e. The molecule has 1 amide bonds. The van der Waals surface area contributed by atoms with E-state index in [1.165, 1.54) is 0 Å². The Labute approximate surface area is 147 Å². The molecule has 6 nitrogen and oxygen atoms in total. The van der Waals surface area contributed by atoms with E-state index in [0.717, 1.165) is 56.0 Å². The molecule has 2 aliphatic heterocycles. The van der Waals surface area contributed by atoms with Crippen LogP contribution in [0.3, 0.4) is 0 Å². The lowest BCUT2D eigenvalue weighted by Crippen LogP contribution is -2.43. The number of amides is 1. The van der Waals surface area contributed by atoms with Crippen molar-refractivity contribution in [1.29, 1.82) is 0 Å². The standard InChI is InChI=1S/C19H24N4O2/c24-19(15-8-11-25-12-9-15)23-10-4-7-16(13-23)18-20-17(21-22-18)14-5-2-1-3-6-14/h1-3,5-6,15-16H,4,7-13H2,(H,20,21,22). The third-order valence-electron chi connectivity index (χ3n) is 5.22. The summed E-state index contributed by atoms with van der Waals surface area (Å²) < 4.78 is 5.38. The summed E-state index contributed by atoms with van der Waals surface area (Å²) in [4.78, 5) is 19.5. The molecule has 1 atom stereocenters. The summed E-state index contributed by atoms with van der Waals surface area (Å²) in [5.74, 6) is 2.27. The molecule has 0 spiro atoms. The molecule has 2 aliphatic rings. The molecule has 6 heteroatoms. The van der Waals surface area contributed by atoms with Crippen LogP contribution in [0.2, 0.25) is 0 Å². The number of nitrogens with zero attached hydrogens (tertiary/aromatic N) is 3. The topological polar surface area (TPSA) is 71.1 Å². The van der Waals surface area contributed by atoms with Crippen LogP contribution in [0.5, 0.6) is 0 Å². The van der Waals surface area contributed by atoms with E-state index in [9.17, 15) is 4.79 Å². The zero-order chi connectivity index (χ0) is 17.1. The number of likely N-dealkylation sites (tertiary alicyclic amines) is 1. The smallest absolute Gasteiger partial charge is 0.225 e. The van der Waals surface area contributed by atoms with E-state index in [1.54, 1.807) is 0 Å². The van der Waals surface area contributed by atoms with E-state index in [4.69, 9.17) is 4.74 Å². The van der Waals surface area contributed by atoms with Gasteiger partial charge in [-0.2, -0.15) is 5.10 Å². The number of nitrogens with one attached hydrogen (secondary N) is 1. The van der Waals surface area contributed by atoms with E-state index in [2.05, 4.69) is 15.2 Å². The van der Waals surface area contributed by atoms with Gasteiger partial charge in [0.1, 0.15) is 5.82 Å². The maximum atomic E-state index is 12.8. The van der Waals surface area contributed by atoms with E-state index in [0.29, 0.717) is 13.2 Å². The highest BCUT2D eigenvalue weighted by Gasteiger charge is 2.31. The van der Waals surface area contributed by atoms with Crippen molar-refractivity contribution in [3.8, 4) is 11.4 Å². The Balaban J connectivity index is 1.44. The molecule has 0 radical (unpaired) electrons. The average molecular weight is 340 g/mol. The summed E-state index contributed by atoms with van der Waals surface area (Å²) in [5, 5.41) is 7.46. The number of hydrogen-bond acceptors (Lipinski definition) is 4. The first-order chi connectivity index (χ1) is 12.3. The lowest BCUT2D eigenvalue weighted by atomic mass is 9.93. The molecule has 1 aromatic carbocycles. The van der Waals surface area contributed by atoms with Crippen LogP contribution in [0.15, 0.2) is 30.3 Å².